The van der Waals surface area contributed by atoms with Crippen LogP contribution in [0.15, 0.2) is 30.4 Å². The van der Waals surface area contributed by atoms with Crippen molar-refractivity contribution in [2.75, 3.05) is 18.5 Å². The van der Waals surface area contributed by atoms with Crippen molar-refractivity contribution >= 4 is 23.1 Å². The van der Waals surface area contributed by atoms with Crippen LogP contribution < -0.4 is 4.90 Å². The molecule has 0 spiro atoms. The molecule has 86 valence electrons. The maximum atomic E-state index is 11.2. The first-order chi connectivity index (χ1) is 7.41. The fourth-order valence-corrected chi connectivity index (χ4v) is 1.85. The topological polar surface area (TPSA) is 20.3 Å². The van der Waals surface area contributed by atoms with Gasteiger partial charge in [0, 0.05) is 19.2 Å². The van der Waals surface area contributed by atoms with E-state index in [1.54, 1.807) is 12.1 Å². The Labute approximate surface area is 102 Å². The molecular weight excluding hydrogens is 222 g/mol. The number of carbonyl (C=O) groups excluding carboxylic acids is 1. The Hall–Kier alpha value is -1.28. The van der Waals surface area contributed by atoms with E-state index in [0.717, 1.165) is 17.8 Å². The fourth-order valence-electron chi connectivity index (χ4n) is 1.53. The molecule has 3 heteroatoms. The van der Waals surface area contributed by atoms with E-state index in [1.807, 2.05) is 24.9 Å². The summed E-state index contributed by atoms with van der Waals surface area (Å²) in [6.07, 6.45) is 0. The Balaban J connectivity index is 2.98. The molecule has 0 heterocycles. The molecule has 0 aromatic heterocycles. The lowest BCUT2D eigenvalue weighted by Gasteiger charge is -2.20. The minimum absolute atomic E-state index is 0.0241. The molecule has 0 aliphatic carbocycles. The molecule has 0 unspecified atom stereocenters. The normalized spacial score (nSPS) is 10.0. The molecule has 0 aliphatic rings. The molecular formula is C13H16ClNO. The zero-order valence-electron chi connectivity index (χ0n) is 9.88. The van der Waals surface area contributed by atoms with Crippen molar-refractivity contribution in [3.8, 4) is 0 Å². The van der Waals surface area contributed by atoms with Crippen LogP contribution in [0, 0.1) is 0 Å². The highest BCUT2D eigenvalue weighted by Gasteiger charge is 2.08. The number of hydrogen-bond donors (Lipinski definition) is 0. The average Bonchev–Trinajstić information content (AvgIpc) is 2.15. The fraction of sp³-hybridized carbons (Fsp3) is 0.308. The number of anilines is 1. The van der Waals surface area contributed by atoms with E-state index >= 15 is 0 Å². The molecule has 0 N–H and O–H groups in total. The summed E-state index contributed by atoms with van der Waals surface area (Å²) >= 11 is 6.13. The minimum atomic E-state index is 0.0241. The average molecular weight is 238 g/mol. The first kappa shape index (κ1) is 12.8. The molecule has 1 aromatic rings. The van der Waals surface area contributed by atoms with Crippen molar-refractivity contribution < 1.29 is 4.79 Å². The quantitative estimate of drug-likeness (QED) is 0.590. The summed E-state index contributed by atoms with van der Waals surface area (Å²) in [6, 6.07) is 5.36. The first-order valence-electron chi connectivity index (χ1n) is 5.08. The third kappa shape index (κ3) is 3.11. The van der Waals surface area contributed by atoms with Crippen molar-refractivity contribution in [1.29, 1.82) is 0 Å². The molecule has 0 aliphatic heterocycles. The van der Waals surface area contributed by atoms with Crippen molar-refractivity contribution in [2.24, 2.45) is 0 Å². The van der Waals surface area contributed by atoms with E-state index in [0.29, 0.717) is 10.6 Å². The van der Waals surface area contributed by atoms with Gasteiger partial charge in [-0.15, -0.1) is 0 Å². The van der Waals surface area contributed by atoms with Gasteiger partial charge in [-0.05, 0) is 32.0 Å². The van der Waals surface area contributed by atoms with Gasteiger partial charge in [-0.2, -0.15) is 0 Å². The number of carbonyl (C=O) groups is 1. The molecule has 16 heavy (non-hydrogen) atoms. The second-order valence-electron chi connectivity index (χ2n) is 4.04. The van der Waals surface area contributed by atoms with Crippen LogP contribution in [-0.4, -0.2) is 19.4 Å². The van der Waals surface area contributed by atoms with Crippen LogP contribution in [0.5, 0.6) is 0 Å². The van der Waals surface area contributed by atoms with Gasteiger partial charge in [-0.3, -0.25) is 4.79 Å². The summed E-state index contributed by atoms with van der Waals surface area (Å²) in [5.74, 6) is 0.0241. The first-order valence-corrected chi connectivity index (χ1v) is 5.45. The van der Waals surface area contributed by atoms with Crippen LogP contribution in [0.2, 0.25) is 5.02 Å². The van der Waals surface area contributed by atoms with E-state index in [2.05, 4.69) is 6.58 Å². The number of halogens is 1. The summed E-state index contributed by atoms with van der Waals surface area (Å²) in [5.41, 5.74) is 2.61. The van der Waals surface area contributed by atoms with Gasteiger partial charge in [0.25, 0.3) is 0 Å². The molecule has 2 nitrogen and oxygen atoms in total. The molecule has 1 rings (SSSR count). The van der Waals surface area contributed by atoms with Gasteiger partial charge in [0.05, 0.1) is 10.7 Å². The standard InChI is InChI=1S/C13H16ClNO/c1-9(2)8-15(4)13-6-5-11(10(3)16)7-12(13)14/h5-7H,1,8H2,2-4H3. The highest BCUT2D eigenvalue weighted by atomic mass is 35.5. The van der Waals surface area contributed by atoms with Crippen LogP contribution in [0.4, 0.5) is 5.69 Å². The number of hydrogen-bond acceptors (Lipinski definition) is 2. The highest BCUT2D eigenvalue weighted by molar-refractivity contribution is 6.33. The monoisotopic (exact) mass is 237 g/mol. The highest BCUT2D eigenvalue weighted by Crippen LogP contribution is 2.26. The number of likely N-dealkylation sites (N-methyl/N-ethyl adjacent to an activating group) is 1. The second kappa shape index (κ2) is 5.17. The molecule has 1 aromatic carbocycles. The Bertz CT molecular complexity index is 426. The van der Waals surface area contributed by atoms with Gasteiger partial charge in [-0.1, -0.05) is 23.8 Å². The summed E-state index contributed by atoms with van der Waals surface area (Å²) in [4.78, 5) is 13.2. The third-order valence-electron chi connectivity index (χ3n) is 2.27. The molecule has 0 amide bonds. The van der Waals surface area contributed by atoms with E-state index in [9.17, 15) is 4.79 Å². The van der Waals surface area contributed by atoms with Crippen LogP contribution in [0.1, 0.15) is 24.2 Å². The number of rotatable bonds is 4. The molecule has 0 bridgehead atoms. The van der Waals surface area contributed by atoms with Gasteiger partial charge in [0.15, 0.2) is 5.78 Å². The lowest BCUT2D eigenvalue weighted by Crippen LogP contribution is -2.19. The molecule has 0 saturated carbocycles. The predicted octanol–water partition coefficient (Wildman–Crippen LogP) is 3.55. The van der Waals surface area contributed by atoms with Gasteiger partial charge in [-0.25, -0.2) is 0 Å². The van der Waals surface area contributed by atoms with Crippen molar-refractivity contribution in [2.45, 2.75) is 13.8 Å². The van der Waals surface area contributed by atoms with Crippen molar-refractivity contribution in [3.63, 3.8) is 0 Å². The molecule has 0 radical (unpaired) electrons. The summed E-state index contributed by atoms with van der Waals surface area (Å²) in [6.45, 7) is 8.10. The Morgan fingerprint density at radius 1 is 1.44 bits per heavy atom. The van der Waals surface area contributed by atoms with Gasteiger partial charge in [0.1, 0.15) is 0 Å². The predicted molar refractivity (Wildman–Crippen MR) is 69.5 cm³/mol. The summed E-state index contributed by atoms with van der Waals surface area (Å²) < 4.78 is 0. The molecule has 0 atom stereocenters. The number of ketones is 1. The van der Waals surface area contributed by atoms with E-state index in [1.165, 1.54) is 6.92 Å². The van der Waals surface area contributed by atoms with Crippen LogP contribution in [0.3, 0.4) is 0 Å². The van der Waals surface area contributed by atoms with Crippen LogP contribution in [0.25, 0.3) is 0 Å². The van der Waals surface area contributed by atoms with Gasteiger partial charge >= 0.3 is 0 Å². The second-order valence-corrected chi connectivity index (χ2v) is 4.44. The van der Waals surface area contributed by atoms with Crippen molar-refractivity contribution in [1.82, 2.24) is 0 Å². The maximum absolute atomic E-state index is 11.2. The Morgan fingerprint density at radius 3 is 2.50 bits per heavy atom. The van der Waals surface area contributed by atoms with Crippen LogP contribution >= 0.6 is 11.6 Å². The Morgan fingerprint density at radius 2 is 2.06 bits per heavy atom. The number of Topliss-reactive ketones (excluding diaryl/α,β-unsaturated/α-hetero) is 1. The molecule has 0 saturated heterocycles. The zero-order chi connectivity index (χ0) is 12.3. The zero-order valence-corrected chi connectivity index (χ0v) is 10.6. The maximum Gasteiger partial charge on any atom is 0.159 e. The summed E-state index contributed by atoms with van der Waals surface area (Å²) in [7, 11) is 1.95. The van der Waals surface area contributed by atoms with E-state index in [-0.39, 0.29) is 5.78 Å². The smallest absolute Gasteiger partial charge is 0.159 e. The van der Waals surface area contributed by atoms with E-state index < -0.39 is 0 Å². The molecule has 0 fully saturated rings. The lowest BCUT2D eigenvalue weighted by atomic mass is 10.1. The summed E-state index contributed by atoms with van der Waals surface area (Å²) in [5, 5.41) is 0.594. The van der Waals surface area contributed by atoms with Gasteiger partial charge in [0.2, 0.25) is 0 Å². The number of benzene rings is 1. The van der Waals surface area contributed by atoms with Crippen molar-refractivity contribution in [3.05, 3.63) is 40.9 Å². The van der Waals surface area contributed by atoms with E-state index in [4.69, 9.17) is 11.6 Å². The third-order valence-corrected chi connectivity index (χ3v) is 2.58. The minimum Gasteiger partial charge on any atom is -0.369 e. The Kier molecular flexibility index (Phi) is 4.13. The van der Waals surface area contributed by atoms with Crippen LogP contribution in [-0.2, 0) is 0 Å². The largest absolute Gasteiger partial charge is 0.369 e. The SMILES string of the molecule is C=C(C)CN(C)c1ccc(C(C)=O)cc1Cl. The number of nitrogens with zero attached hydrogens (tertiary/aromatic N) is 1. The van der Waals surface area contributed by atoms with Gasteiger partial charge < -0.3 is 4.90 Å². The lowest BCUT2D eigenvalue weighted by molar-refractivity contribution is 0.101.